The SMILES string of the molecule is CC(C)CCC[C@@H](C)[C@H]1CC[C@H]2[C@@H]3CC=C4C[C@@H](O)CC(Cc5ccc(C(C)ON(C(c6ccccc6)C(C)C)C(C)(C)C)cc5)[C@]4(C)[C@H]3CC[C@]12C. The lowest BCUT2D eigenvalue weighted by Crippen LogP contribution is -2.54. The van der Waals surface area contributed by atoms with Gasteiger partial charge in [0.15, 0.2) is 0 Å². The van der Waals surface area contributed by atoms with Gasteiger partial charge in [-0.3, -0.25) is 4.84 Å². The summed E-state index contributed by atoms with van der Waals surface area (Å²) in [5, 5.41) is 13.5. The van der Waals surface area contributed by atoms with Crippen molar-refractivity contribution >= 4 is 0 Å². The molecule has 0 heterocycles. The number of hydrogen-bond acceptors (Lipinski definition) is 3. The molecule has 53 heavy (non-hydrogen) atoms. The Morgan fingerprint density at radius 3 is 2.19 bits per heavy atom. The molecule has 3 unspecified atom stereocenters. The summed E-state index contributed by atoms with van der Waals surface area (Å²) in [4.78, 5) is 6.91. The molecule has 0 saturated heterocycles. The van der Waals surface area contributed by atoms with Crippen LogP contribution in [0.4, 0.5) is 0 Å². The summed E-state index contributed by atoms with van der Waals surface area (Å²) in [5.74, 6) is 5.80. The molecule has 6 rings (SSSR count). The molecule has 0 aromatic heterocycles. The van der Waals surface area contributed by atoms with Crippen molar-refractivity contribution in [3.05, 3.63) is 82.9 Å². The Morgan fingerprint density at radius 1 is 0.849 bits per heavy atom. The highest BCUT2D eigenvalue weighted by molar-refractivity contribution is 5.30. The van der Waals surface area contributed by atoms with E-state index in [9.17, 15) is 5.11 Å². The molecule has 4 aliphatic carbocycles. The van der Waals surface area contributed by atoms with E-state index in [-0.39, 0.29) is 29.2 Å². The van der Waals surface area contributed by atoms with Crippen LogP contribution >= 0.6 is 0 Å². The Morgan fingerprint density at radius 2 is 1.55 bits per heavy atom. The van der Waals surface area contributed by atoms with Crippen molar-refractivity contribution in [3.8, 4) is 0 Å². The second-order valence-corrected chi connectivity index (χ2v) is 20.7. The highest BCUT2D eigenvalue weighted by Gasteiger charge is 2.60. The van der Waals surface area contributed by atoms with Crippen LogP contribution in [0.3, 0.4) is 0 Å². The molecule has 0 bridgehead atoms. The van der Waals surface area contributed by atoms with E-state index < -0.39 is 0 Å². The van der Waals surface area contributed by atoms with Gasteiger partial charge in [0, 0.05) is 5.54 Å². The molecule has 294 valence electrons. The Bertz CT molecular complexity index is 1500. The molecule has 0 spiro atoms. The van der Waals surface area contributed by atoms with E-state index in [1.165, 1.54) is 68.1 Å². The first kappa shape index (κ1) is 40.7. The summed E-state index contributed by atoms with van der Waals surface area (Å²) in [5.41, 5.74) is 6.00. The van der Waals surface area contributed by atoms with Gasteiger partial charge in [-0.05, 0) is 154 Å². The Kier molecular flexibility index (Phi) is 12.5. The number of fused-ring (bicyclic) bond motifs is 5. The van der Waals surface area contributed by atoms with Crippen molar-refractivity contribution < 1.29 is 9.94 Å². The molecule has 3 saturated carbocycles. The molecule has 2 aromatic carbocycles. The third-order valence-electron chi connectivity index (χ3n) is 15.5. The van der Waals surface area contributed by atoms with Crippen LogP contribution in [0.25, 0.3) is 0 Å². The lowest BCUT2D eigenvalue weighted by Gasteiger charge is -2.60. The van der Waals surface area contributed by atoms with E-state index in [1.54, 1.807) is 5.57 Å². The average Bonchev–Trinajstić information content (AvgIpc) is 3.46. The highest BCUT2D eigenvalue weighted by atomic mass is 16.7. The van der Waals surface area contributed by atoms with Gasteiger partial charge in [-0.15, -0.1) is 0 Å². The fourth-order valence-corrected chi connectivity index (χ4v) is 12.7. The molecular formula is C50H77NO2. The van der Waals surface area contributed by atoms with Gasteiger partial charge >= 0.3 is 0 Å². The number of hydrogen-bond donors (Lipinski definition) is 1. The summed E-state index contributed by atoms with van der Waals surface area (Å²) in [6, 6.07) is 20.3. The van der Waals surface area contributed by atoms with Crippen LogP contribution in [-0.2, 0) is 11.3 Å². The van der Waals surface area contributed by atoms with E-state index in [1.807, 2.05) is 0 Å². The average molecular weight is 724 g/mol. The monoisotopic (exact) mass is 724 g/mol. The van der Waals surface area contributed by atoms with Crippen LogP contribution in [0.15, 0.2) is 66.2 Å². The van der Waals surface area contributed by atoms with Gasteiger partial charge in [0.05, 0.1) is 12.1 Å². The normalized spacial score (nSPS) is 33.3. The number of nitrogens with zero attached hydrogens (tertiary/aromatic N) is 1. The molecule has 2 aromatic rings. The predicted octanol–water partition coefficient (Wildman–Crippen LogP) is 13.3. The summed E-state index contributed by atoms with van der Waals surface area (Å²) < 4.78 is 0. The topological polar surface area (TPSA) is 32.7 Å². The quantitative estimate of drug-likeness (QED) is 0.165. The highest BCUT2D eigenvalue weighted by Crippen LogP contribution is 2.68. The predicted molar refractivity (Wildman–Crippen MR) is 223 cm³/mol. The summed E-state index contributed by atoms with van der Waals surface area (Å²) in [6.45, 7) is 26.3. The smallest absolute Gasteiger partial charge is 0.102 e. The maximum absolute atomic E-state index is 11.3. The van der Waals surface area contributed by atoms with Crippen LogP contribution in [-0.4, -0.2) is 21.8 Å². The van der Waals surface area contributed by atoms with E-state index in [4.69, 9.17) is 4.84 Å². The van der Waals surface area contributed by atoms with Crippen molar-refractivity contribution in [2.24, 2.45) is 58.2 Å². The molecule has 11 atom stereocenters. The number of aliphatic hydroxyl groups is 1. The van der Waals surface area contributed by atoms with Crippen LogP contribution in [0.2, 0.25) is 0 Å². The second kappa shape index (κ2) is 16.3. The molecule has 1 N–H and O–H groups in total. The molecule has 4 aliphatic rings. The first-order chi connectivity index (χ1) is 25.0. The number of aliphatic hydroxyl groups excluding tert-OH is 1. The minimum absolute atomic E-state index is 0.0689. The zero-order valence-corrected chi connectivity index (χ0v) is 35.7. The van der Waals surface area contributed by atoms with Crippen LogP contribution in [0.1, 0.15) is 169 Å². The van der Waals surface area contributed by atoms with E-state index in [2.05, 4.69) is 142 Å². The van der Waals surface area contributed by atoms with E-state index >= 15 is 0 Å². The van der Waals surface area contributed by atoms with Gasteiger partial charge in [-0.25, -0.2) is 0 Å². The fraction of sp³-hybridized carbons (Fsp3) is 0.720. The fourth-order valence-electron chi connectivity index (χ4n) is 12.7. The zero-order valence-electron chi connectivity index (χ0n) is 35.7. The minimum atomic E-state index is -0.220. The number of allylic oxidation sites excluding steroid dienone is 1. The van der Waals surface area contributed by atoms with Gasteiger partial charge in [-0.1, -0.05) is 134 Å². The second-order valence-electron chi connectivity index (χ2n) is 20.7. The summed E-state index contributed by atoms with van der Waals surface area (Å²) in [6.07, 6.45) is 16.3. The van der Waals surface area contributed by atoms with Crippen molar-refractivity contribution in [1.29, 1.82) is 0 Å². The number of benzene rings is 2. The molecule has 3 heteroatoms. The van der Waals surface area contributed by atoms with E-state index in [0.717, 1.165) is 54.8 Å². The van der Waals surface area contributed by atoms with Crippen molar-refractivity contribution in [3.63, 3.8) is 0 Å². The summed E-state index contributed by atoms with van der Waals surface area (Å²) in [7, 11) is 0. The maximum Gasteiger partial charge on any atom is 0.102 e. The van der Waals surface area contributed by atoms with Crippen molar-refractivity contribution in [2.75, 3.05) is 0 Å². The third kappa shape index (κ3) is 8.30. The van der Waals surface area contributed by atoms with Crippen molar-refractivity contribution in [1.82, 2.24) is 5.06 Å². The lowest BCUT2D eigenvalue weighted by atomic mass is 9.44. The molecule has 0 amide bonds. The Balaban J connectivity index is 1.17. The first-order valence-electron chi connectivity index (χ1n) is 22.0. The zero-order chi connectivity index (χ0) is 38.3. The molecule has 3 fully saturated rings. The van der Waals surface area contributed by atoms with Gasteiger partial charge in [0.25, 0.3) is 0 Å². The van der Waals surface area contributed by atoms with Crippen molar-refractivity contribution in [2.45, 2.75) is 171 Å². The maximum atomic E-state index is 11.3. The number of rotatable bonds is 13. The first-order valence-corrected chi connectivity index (χ1v) is 22.0. The van der Waals surface area contributed by atoms with Crippen LogP contribution < -0.4 is 0 Å². The Labute approximate surface area is 325 Å². The summed E-state index contributed by atoms with van der Waals surface area (Å²) >= 11 is 0. The molecule has 0 aliphatic heterocycles. The molecule has 3 nitrogen and oxygen atoms in total. The van der Waals surface area contributed by atoms with Gasteiger partial charge < -0.3 is 5.11 Å². The van der Waals surface area contributed by atoms with Gasteiger partial charge in [-0.2, -0.15) is 5.06 Å². The van der Waals surface area contributed by atoms with E-state index in [0.29, 0.717) is 17.3 Å². The molecule has 0 radical (unpaired) electrons. The van der Waals surface area contributed by atoms with Crippen LogP contribution in [0.5, 0.6) is 0 Å². The van der Waals surface area contributed by atoms with Crippen LogP contribution in [0, 0.1) is 58.2 Å². The molecular weight excluding hydrogens is 647 g/mol. The Hall–Kier alpha value is -1.94. The largest absolute Gasteiger partial charge is 0.393 e. The minimum Gasteiger partial charge on any atom is -0.393 e. The standard InChI is InChI=1S/C50H77NO2/c1-33(2)16-15-17-35(5)44-26-27-45-43-25-24-40-31-42(52)32-41(50(40,11)46(43)28-29-49(44,45)10)30-37-20-22-38(23-21-37)36(6)53-51(48(7,8)9)47(34(3)4)39-18-13-12-14-19-39/h12-14,18-24,33-36,41-47,52H,15-17,25-32H2,1-11H3/t35-,36?,41?,42-,43+,44-,45+,46+,47?,49-,50-/m1/s1. The lowest BCUT2D eigenvalue weighted by molar-refractivity contribution is -0.272. The van der Waals surface area contributed by atoms with Gasteiger partial charge in [0.1, 0.15) is 6.10 Å². The van der Waals surface area contributed by atoms with Gasteiger partial charge in [0.2, 0.25) is 0 Å². The third-order valence-corrected chi connectivity index (χ3v) is 15.5. The number of hydroxylamine groups is 2.